The van der Waals surface area contributed by atoms with Gasteiger partial charge in [-0.2, -0.15) is 10.5 Å². The van der Waals surface area contributed by atoms with Gasteiger partial charge in [0.05, 0.1) is 28.7 Å². The van der Waals surface area contributed by atoms with Gasteiger partial charge in [0, 0.05) is 6.20 Å². The number of anilines is 2. The van der Waals surface area contributed by atoms with E-state index < -0.39 is 0 Å². The molecule has 4 nitrogen and oxygen atoms in total. The van der Waals surface area contributed by atoms with Crippen LogP contribution in [0.3, 0.4) is 0 Å². The first kappa shape index (κ1) is 10.7. The van der Waals surface area contributed by atoms with Crippen molar-refractivity contribution >= 4 is 11.4 Å². The molecule has 0 unspecified atom stereocenters. The van der Waals surface area contributed by atoms with Gasteiger partial charge in [-0.15, -0.1) is 0 Å². The van der Waals surface area contributed by atoms with Crippen LogP contribution < -0.4 is 5.32 Å². The molecule has 80 valence electrons. The molecule has 0 fully saturated rings. The van der Waals surface area contributed by atoms with E-state index in [4.69, 9.17) is 10.5 Å². The van der Waals surface area contributed by atoms with Crippen molar-refractivity contribution in [3.63, 3.8) is 0 Å². The lowest BCUT2D eigenvalue weighted by molar-refractivity contribution is 1.30. The van der Waals surface area contributed by atoms with Crippen LogP contribution in [0.15, 0.2) is 42.7 Å². The lowest BCUT2D eigenvalue weighted by Gasteiger charge is -2.08. The summed E-state index contributed by atoms with van der Waals surface area (Å²) in [6.45, 7) is 0. The van der Waals surface area contributed by atoms with Crippen molar-refractivity contribution in [2.75, 3.05) is 5.32 Å². The monoisotopic (exact) mass is 220 g/mol. The molecular weight excluding hydrogens is 212 g/mol. The van der Waals surface area contributed by atoms with Gasteiger partial charge in [-0.1, -0.05) is 12.1 Å². The van der Waals surface area contributed by atoms with Crippen molar-refractivity contribution < 1.29 is 0 Å². The SMILES string of the molecule is N#Cc1ccccc1Nc1cnccc1C#N. The van der Waals surface area contributed by atoms with Crippen LogP contribution in [0.25, 0.3) is 0 Å². The van der Waals surface area contributed by atoms with E-state index in [1.54, 1.807) is 36.7 Å². The largest absolute Gasteiger partial charge is 0.352 e. The topological polar surface area (TPSA) is 72.5 Å². The molecule has 0 radical (unpaired) electrons. The third-order valence-electron chi connectivity index (χ3n) is 2.26. The Morgan fingerprint density at radius 1 is 0.941 bits per heavy atom. The fourth-order valence-electron chi connectivity index (χ4n) is 1.43. The van der Waals surface area contributed by atoms with Crippen LogP contribution in [-0.4, -0.2) is 4.98 Å². The number of pyridine rings is 1. The molecule has 0 aliphatic heterocycles. The highest BCUT2D eigenvalue weighted by Crippen LogP contribution is 2.21. The summed E-state index contributed by atoms with van der Waals surface area (Å²) in [4.78, 5) is 3.95. The lowest BCUT2D eigenvalue weighted by atomic mass is 10.1. The summed E-state index contributed by atoms with van der Waals surface area (Å²) in [5.74, 6) is 0. The minimum Gasteiger partial charge on any atom is -0.352 e. The molecule has 2 rings (SSSR count). The van der Waals surface area contributed by atoms with E-state index in [-0.39, 0.29) is 0 Å². The Bertz CT molecular complexity index is 564. The molecule has 0 amide bonds. The lowest BCUT2D eigenvalue weighted by Crippen LogP contribution is -1.96. The number of hydrogen-bond acceptors (Lipinski definition) is 4. The normalized spacial score (nSPS) is 9.06. The van der Waals surface area contributed by atoms with Crippen molar-refractivity contribution in [3.8, 4) is 12.1 Å². The molecule has 0 spiro atoms. The van der Waals surface area contributed by atoms with Crippen molar-refractivity contribution in [1.82, 2.24) is 4.98 Å². The zero-order chi connectivity index (χ0) is 12.1. The number of para-hydroxylation sites is 1. The number of nitrogens with zero attached hydrogens (tertiary/aromatic N) is 3. The third kappa shape index (κ3) is 2.22. The van der Waals surface area contributed by atoms with Crippen molar-refractivity contribution in [3.05, 3.63) is 53.9 Å². The average molecular weight is 220 g/mol. The third-order valence-corrected chi connectivity index (χ3v) is 2.26. The Labute approximate surface area is 98.8 Å². The van der Waals surface area contributed by atoms with E-state index in [9.17, 15) is 0 Å². The molecule has 0 bridgehead atoms. The van der Waals surface area contributed by atoms with Gasteiger partial charge in [-0.05, 0) is 18.2 Å². The van der Waals surface area contributed by atoms with Gasteiger partial charge in [0.1, 0.15) is 12.1 Å². The maximum Gasteiger partial charge on any atom is 0.101 e. The summed E-state index contributed by atoms with van der Waals surface area (Å²) < 4.78 is 0. The van der Waals surface area contributed by atoms with Gasteiger partial charge >= 0.3 is 0 Å². The van der Waals surface area contributed by atoms with Crippen molar-refractivity contribution in [1.29, 1.82) is 10.5 Å². The predicted molar refractivity (Wildman–Crippen MR) is 63.4 cm³/mol. The summed E-state index contributed by atoms with van der Waals surface area (Å²) in [5.41, 5.74) is 2.28. The van der Waals surface area contributed by atoms with Gasteiger partial charge in [0.25, 0.3) is 0 Å². The van der Waals surface area contributed by atoms with Gasteiger partial charge in [0.2, 0.25) is 0 Å². The van der Waals surface area contributed by atoms with E-state index in [0.29, 0.717) is 22.5 Å². The van der Waals surface area contributed by atoms with E-state index in [0.717, 1.165) is 0 Å². The summed E-state index contributed by atoms with van der Waals surface area (Å²) in [5, 5.41) is 20.9. The molecule has 0 saturated heterocycles. The molecule has 0 saturated carbocycles. The zero-order valence-electron chi connectivity index (χ0n) is 8.88. The molecule has 0 aliphatic rings. The molecule has 1 N–H and O–H groups in total. The summed E-state index contributed by atoms with van der Waals surface area (Å²) in [7, 11) is 0. The maximum absolute atomic E-state index is 8.95. The second-order valence-electron chi connectivity index (χ2n) is 3.32. The van der Waals surface area contributed by atoms with Crippen LogP contribution in [-0.2, 0) is 0 Å². The second kappa shape index (κ2) is 4.78. The van der Waals surface area contributed by atoms with Crippen molar-refractivity contribution in [2.24, 2.45) is 0 Å². The Morgan fingerprint density at radius 3 is 2.41 bits per heavy atom. The fraction of sp³-hybridized carbons (Fsp3) is 0. The molecule has 0 atom stereocenters. The molecular formula is C13H8N4. The predicted octanol–water partition coefficient (Wildman–Crippen LogP) is 2.57. The molecule has 1 aromatic carbocycles. The zero-order valence-corrected chi connectivity index (χ0v) is 8.88. The van der Waals surface area contributed by atoms with E-state index in [1.165, 1.54) is 0 Å². The van der Waals surface area contributed by atoms with E-state index in [2.05, 4.69) is 22.4 Å². The number of nitriles is 2. The molecule has 2 aromatic rings. The molecule has 4 heteroatoms. The van der Waals surface area contributed by atoms with Crippen LogP contribution in [0.5, 0.6) is 0 Å². The molecule has 1 aromatic heterocycles. The minimum absolute atomic E-state index is 0.493. The number of nitrogens with one attached hydrogen (secondary N) is 1. The van der Waals surface area contributed by atoms with Crippen LogP contribution in [0, 0.1) is 22.7 Å². The quantitative estimate of drug-likeness (QED) is 0.844. The Balaban J connectivity index is 2.40. The molecule has 17 heavy (non-hydrogen) atoms. The second-order valence-corrected chi connectivity index (χ2v) is 3.32. The Hall–Kier alpha value is -2.85. The maximum atomic E-state index is 8.95. The fourth-order valence-corrected chi connectivity index (χ4v) is 1.43. The molecule has 1 heterocycles. The average Bonchev–Trinajstić information content (AvgIpc) is 2.40. The van der Waals surface area contributed by atoms with Gasteiger partial charge < -0.3 is 5.32 Å². The smallest absolute Gasteiger partial charge is 0.101 e. The van der Waals surface area contributed by atoms with Gasteiger partial charge in [-0.3, -0.25) is 4.98 Å². The highest BCUT2D eigenvalue weighted by Gasteiger charge is 2.04. The molecule has 0 aliphatic carbocycles. The number of benzene rings is 1. The van der Waals surface area contributed by atoms with E-state index in [1.807, 2.05) is 6.07 Å². The highest BCUT2D eigenvalue weighted by molar-refractivity contribution is 5.69. The number of aromatic nitrogens is 1. The number of rotatable bonds is 2. The minimum atomic E-state index is 0.493. The first-order valence-electron chi connectivity index (χ1n) is 4.95. The Morgan fingerprint density at radius 2 is 1.65 bits per heavy atom. The summed E-state index contributed by atoms with van der Waals surface area (Å²) in [6, 6.07) is 12.9. The van der Waals surface area contributed by atoms with Gasteiger partial charge in [0.15, 0.2) is 0 Å². The summed E-state index contributed by atoms with van der Waals surface area (Å²) in [6.07, 6.45) is 3.12. The van der Waals surface area contributed by atoms with E-state index >= 15 is 0 Å². The van der Waals surface area contributed by atoms with Crippen LogP contribution in [0.2, 0.25) is 0 Å². The van der Waals surface area contributed by atoms with Crippen LogP contribution in [0.1, 0.15) is 11.1 Å². The first-order valence-corrected chi connectivity index (χ1v) is 4.95. The van der Waals surface area contributed by atoms with Gasteiger partial charge in [-0.25, -0.2) is 0 Å². The van der Waals surface area contributed by atoms with Crippen molar-refractivity contribution in [2.45, 2.75) is 0 Å². The Kier molecular flexibility index (Phi) is 3.00. The van der Waals surface area contributed by atoms with Crippen LogP contribution >= 0.6 is 0 Å². The standard InChI is InChI=1S/C13H8N4/c14-7-10-3-1-2-4-12(10)17-13-9-16-6-5-11(13)8-15/h1-6,9,17H. The summed E-state index contributed by atoms with van der Waals surface area (Å²) >= 11 is 0. The highest BCUT2D eigenvalue weighted by atomic mass is 14.9. The number of hydrogen-bond donors (Lipinski definition) is 1. The van der Waals surface area contributed by atoms with Crippen LogP contribution in [0.4, 0.5) is 11.4 Å². The first-order chi connectivity index (χ1) is 8.35.